The molecule has 0 N–H and O–H groups in total. The molecule has 0 aliphatic heterocycles. The SMILES string of the molecule is C#CCCC[n+]1cc(C)cc(-c2cc(-c3cc(C)c[n+](CCCC#C)c3)c(-c3cc(C)c[n+](CCCC#C)c3)cc2-c2cc(C)c[n+](CCCC#C)c2)c1. The highest BCUT2D eigenvalue weighted by atomic mass is 14.9. The van der Waals surface area contributed by atoms with Crippen molar-refractivity contribution in [3.8, 4) is 93.9 Å². The molecular formula is C50H54N4+4. The molecule has 1 aromatic carbocycles. The van der Waals surface area contributed by atoms with E-state index in [2.05, 4.69) is 156 Å². The van der Waals surface area contributed by atoms with Gasteiger partial charge in [0.2, 0.25) is 0 Å². The van der Waals surface area contributed by atoms with E-state index in [9.17, 15) is 0 Å². The van der Waals surface area contributed by atoms with Crippen molar-refractivity contribution in [1.29, 1.82) is 0 Å². The summed E-state index contributed by atoms with van der Waals surface area (Å²) in [4.78, 5) is 0. The second kappa shape index (κ2) is 19.2. The molecule has 0 fully saturated rings. The van der Waals surface area contributed by atoms with E-state index in [1.165, 1.54) is 66.8 Å². The first-order valence-corrected chi connectivity index (χ1v) is 19.2. The molecule has 0 bridgehead atoms. The summed E-state index contributed by atoms with van der Waals surface area (Å²) in [6.45, 7) is 12.1. The highest BCUT2D eigenvalue weighted by Gasteiger charge is 2.23. The quantitative estimate of drug-likeness (QED) is 0.0556. The van der Waals surface area contributed by atoms with Crippen molar-refractivity contribution in [2.24, 2.45) is 0 Å². The van der Waals surface area contributed by atoms with Crippen molar-refractivity contribution >= 4 is 0 Å². The lowest BCUT2D eigenvalue weighted by atomic mass is 9.86. The molecule has 0 unspecified atom stereocenters. The summed E-state index contributed by atoms with van der Waals surface area (Å²) in [6, 6.07) is 14.1. The number of hydrogen-bond acceptors (Lipinski definition) is 0. The summed E-state index contributed by atoms with van der Waals surface area (Å²) >= 11 is 0. The molecule has 0 amide bonds. The van der Waals surface area contributed by atoms with Crippen LogP contribution in [0.25, 0.3) is 44.5 Å². The molecule has 4 heterocycles. The molecular weight excluding hydrogens is 657 g/mol. The van der Waals surface area contributed by atoms with Crippen molar-refractivity contribution in [1.82, 2.24) is 0 Å². The van der Waals surface area contributed by atoms with Crippen molar-refractivity contribution < 1.29 is 18.3 Å². The smallest absolute Gasteiger partial charge is 0.176 e. The van der Waals surface area contributed by atoms with Crippen LogP contribution < -0.4 is 18.3 Å². The van der Waals surface area contributed by atoms with Gasteiger partial charge in [0.25, 0.3) is 0 Å². The van der Waals surface area contributed by atoms with E-state index in [4.69, 9.17) is 25.7 Å². The minimum Gasteiger partial charge on any atom is -0.204 e. The van der Waals surface area contributed by atoms with Gasteiger partial charge < -0.3 is 0 Å². The zero-order valence-electron chi connectivity index (χ0n) is 32.7. The average molecular weight is 711 g/mol. The van der Waals surface area contributed by atoms with E-state index in [1.807, 2.05) is 0 Å². The molecule has 0 radical (unpaired) electrons. The molecule has 0 saturated heterocycles. The molecule has 54 heavy (non-hydrogen) atoms. The standard InChI is InChI=1S/C50H54N4/c1-9-13-17-21-51-31-39(5)25-43(35-51)47-29-49(45-27-41(7)33-53(37-45)23-19-15-11-3)50(46-28-42(8)34-54(38-46)24-20-16-12-4)30-48(47)44-26-40(6)32-52(36-44)22-18-14-10-2/h1-4,25-38H,13-24H2,5-8H3/q+4. The van der Waals surface area contributed by atoms with Gasteiger partial charge in [-0.25, -0.2) is 18.3 Å². The van der Waals surface area contributed by atoms with E-state index >= 15 is 0 Å². The third-order valence-corrected chi connectivity index (χ3v) is 9.58. The summed E-state index contributed by atoms with van der Waals surface area (Å²) in [7, 11) is 0. The number of hydrogen-bond donors (Lipinski definition) is 0. The summed E-state index contributed by atoms with van der Waals surface area (Å²) in [5.74, 6) is 11.2. The Morgan fingerprint density at radius 2 is 0.574 bits per heavy atom. The Balaban J connectivity index is 1.84. The fraction of sp³-hybridized carbons (Fsp3) is 0.320. The molecule has 5 aromatic rings. The molecule has 4 nitrogen and oxygen atoms in total. The predicted octanol–water partition coefficient (Wildman–Crippen LogP) is 8.39. The zero-order chi connectivity index (χ0) is 38.5. The van der Waals surface area contributed by atoms with Crippen molar-refractivity contribution in [2.45, 2.75) is 105 Å². The van der Waals surface area contributed by atoms with E-state index in [0.717, 1.165) is 77.5 Å². The second-order valence-corrected chi connectivity index (χ2v) is 14.5. The van der Waals surface area contributed by atoms with Gasteiger partial charge in [-0.15, -0.1) is 49.4 Å². The topological polar surface area (TPSA) is 15.5 Å². The fourth-order valence-electron chi connectivity index (χ4n) is 7.30. The van der Waals surface area contributed by atoms with Crippen LogP contribution in [0.3, 0.4) is 0 Å². The second-order valence-electron chi connectivity index (χ2n) is 14.5. The molecule has 4 aromatic heterocycles. The number of aryl methyl sites for hydroxylation is 8. The van der Waals surface area contributed by atoms with Gasteiger partial charge in [0.1, 0.15) is 26.2 Å². The van der Waals surface area contributed by atoms with Crippen LogP contribution in [0.5, 0.6) is 0 Å². The average Bonchev–Trinajstić information content (AvgIpc) is 3.14. The number of unbranched alkanes of at least 4 members (excludes halogenated alkanes) is 4. The molecule has 0 spiro atoms. The Bertz CT molecular complexity index is 1960. The van der Waals surface area contributed by atoms with Gasteiger partial charge in [-0.2, -0.15) is 0 Å². The van der Waals surface area contributed by atoms with Gasteiger partial charge in [-0.1, -0.05) is 0 Å². The third kappa shape index (κ3) is 10.6. The Hall–Kier alpha value is -5.94. The van der Waals surface area contributed by atoms with Crippen LogP contribution in [0.4, 0.5) is 0 Å². The fourth-order valence-corrected chi connectivity index (χ4v) is 7.30. The predicted molar refractivity (Wildman–Crippen MR) is 220 cm³/mol. The van der Waals surface area contributed by atoms with Gasteiger partial charge in [-0.3, -0.25) is 0 Å². The van der Waals surface area contributed by atoms with Crippen LogP contribution in [0.1, 0.15) is 73.6 Å². The first kappa shape index (κ1) is 39.3. The van der Waals surface area contributed by atoms with E-state index in [-0.39, 0.29) is 0 Å². The largest absolute Gasteiger partial charge is 0.204 e. The van der Waals surface area contributed by atoms with Crippen LogP contribution >= 0.6 is 0 Å². The van der Waals surface area contributed by atoms with Crippen molar-refractivity contribution in [3.05, 3.63) is 108 Å². The van der Waals surface area contributed by atoms with Crippen LogP contribution in [-0.4, -0.2) is 0 Å². The minimum absolute atomic E-state index is 0.747. The summed E-state index contributed by atoms with van der Waals surface area (Å²) < 4.78 is 9.17. The third-order valence-electron chi connectivity index (χ3n) is 9.58. The van der Waals surface area contributed by atoms with E-state index in [1.54, 1.807) is 0 Å². The molecule has 270 valence electrons. The number of rotatable bonds is 16. The van der Waals surface area contributed by atoms with Crippen LogP contribution in [0.2, 0.25) is 0 Å². The lowest BCUT2D eigenvalue weighted by Crippen LogP contribution is -2.34. The maximum absolute atomic E-state index is 5.64. The normalized spacial score (nSPS) is 10.7. The summed E-state index contributed by atoms with van der Waals surface area (Å²) in [5.41, 5.74) is 14.2. The van der Waals surface area contributed by atoms with Gasteiger partial charge in [-0.05, 0) is 86.3 Å². The Kier molecular flexibility index (Phi) is 14.0. The zero-order valence-corrected chi connectivity index (χ0v) is 32.7. The Labute approximate surface area is 324 Å². The monoisotopic (exact) mass is 710 g/mol. The maximum atomic E-state index is 5.64. The van der Waals surface area contributed by atoms with Gasteiger partial charge in [0, 0.05) is 95.9 Å². The molecule has 0 atom stereocenters. The Morgan fingerprint density at radius 3 is 0.778 bits per heavy atom. The Morgan fingerprint density at radius 1 is 0.352 bits per heavy atom. The summed E-state index contributed by atoms with van der Waals surface area (Å²) in [5, 5.41) is 0. The highest BCUT2D eigenvalue weighted by Crippen LogP contribution is 2.42. The van der Waals surface area contributed by atoms with Crippen molar-refractivity contribution in [3.63, 3.8) is 0 Å². The number of aromatic nitrogens is 4. The van der Waals surface area contributed by atoms with Gasteiger partial charge in [0.05, 0.1) is 0 Å². The lowest BCUT2D eigenvalue weighted by Gasteiger charge is -2.18. The molecule has 4 heteroatoms. The van der Waals surface area contributed by atoms with E-state index in [0.29, 0.717) is 0 Å². The lowest BCUT2D eigenvalue weighted by molar-refractivity contribution is -0.697. The molecule has 0 aliphatic rings. The maximum Gasteiger partial charge on any atom is 0.176 e. The molecule has 5 rings (SSSR count). The van der Waals surface area contributed by atoms with Crippen molar-refractivity contribution in [2.75, 3.05) is 0 Å². The number of pyridine rings is 4. The van der Waals surface area contributed by atoms with Crippen LogP contribution in [-0.2, 0) is 26.2 Å². The molecule has 0 aliphatic carbocycles. The van der Waals surface area contributed by atoms with Crippen LogP contribution in [0.15, 0.2) is 86.0 Å². The van der Waals surface area contributed by atoms with Gasteiger partial charge in [0.15, 0.2) is 49.6 Å². The first-order chi connectivity index (χ1) is 26.2. The van der Waals surface area contributed by atoms with E-state index < -0.39 is 0 Å². The number of benzene rings is 1. The highest BCUT2D eigenvalue weighted by molar-refractivity contribution is 5.94. The number of nitrogens with zero attached hydrogens (tertiary/aromatic N) is 4. The van der Waals surface area contributed by atoms with Gasteiger partial charge >= 0.3 is 0 Å². The number of terminal acetylenes is 4. The first-order valence-electron chi connectivity index (χ1n) is 19.2. The van der Waals surface area contributed by atoms with Crippen LogP contribution in [0, 0.1) is 77.1 Å². The minimum atomic E-state index is 0.747. The molecule has 0 saturated carbocycles. The summed E-state index contributed by atoms with van der Waals surface area (Å²) in [6.07, 6.45) is 47.2.